The zero-order valence-electron chi connectivity index (χ0n) is 20.3. The summed E-state index contributed by atoms with van der Waals surface area (Å²) in [4.78, 5) is 40.1. The quantitative estimate of drug-likeness (QED) is 0.508. The number of hydrogen-bond acceptors (Lipinski definition) is 6. The van der Waals surface area contributed by atoms with Gasteiger partial charge in [0.2, 0.25) is 0 Å². The Balaban J connectivity index is 1.80. The molecule has 0 saturated heterocycles. The highest BCUT2D eigenvalue weighted by Gasteiger charge is 2.32. The molecule has 1 heterocycles. The van der Waals surface area contributed by atoms with Crippen molar-refractivity contribution in [3.63, 3.8) is 0 Å². The van der Waals surface area contributed by atoms with E-state index in [1.54, 1.807) is 32.9 Å². The predicted octanol–water partition coefficient (Wildman–Crippen LogP) is 4.17. The molecular formula is C25H28FN5O5. The number of aromatic carboxylic acids is 1. The Bertz CT molecular complexity index is 1340. The van der Waals surface area contributed by atoms with Crippen molar-refractivity contribution < 1.29 is 23.8 Å². The van der Waals surface area contributed by atoms with Crippen LogP contribution in [0.3, 0.4) is 0 Å². The summed E-state index contributed by atoms with van der Waals surface area (Å²) in [6.07, 6.45) is 3.87. The normalized spacial score (nSPS) is 14.1. The van der Waals surface area contributed by atoms with E-state index in [9.17, 15) is 23.9 Å². The molecule has 3 aromatic rings. The molecule has 1 saturated carbocycles. The lowest BCUT2D eigenvalue weighted by atomic mass is 9.93. The molecule has 2 aromatic carbocycles. The number of ether oxygens (including phenoxy) is 1. The molecule has 0 unspecified atom stereocenters. The van der Waals surface area contributed by atoms with Crippen molar-refractivity contribution in [3.8, 4) is 11.4 Å². The smallest absolute Gasteiger partial charge is 0.377 e. The Labute approximate surface area is 206 Å². The van der Waals surface area contributed by atoms with Crippen LogP contribution < -0.4 is 15.3 Å². The lowest BCUT2D eigenvalue weighted by Crippen LogP contribution is -2.47. The number of aryl methyl sites for hydroxylation is 1. The molecule has 1 aromatic heterocycles. The van der Waals surface area contributed by atoms with Crippen molar-refractivity contribution in [2.75, 3.05) is 4.90 Å². The molecule has 0 atom stereocenters. The number of nitrogens with zero attached hydrogens (tertiary/aromatic N) is 5. The molecule has 0 radical (unpaired) electrons. The summed E-state index contributed by atoms with van der Waals surface area (Å²) in [6.45, 7) is 5.18. The number of benzene rings is 2. The summed E-state index contributed by atoms with van der Waals surface area (Å²) in [5.41, 5.74) is -0.277. The van der Waals surface area contributed by atoms with Gasteiger partial charge in [-0.2, -0.15) is 4.68 Å². The van der Waals surface area contributed by atoms with Crippen molar-refractivity contribution in [1.82, 2.24) is 19.8 Å². The van der Waals surface area contributed by atoms with Crippen LogP contribution in [0.1, 0.15) is 61.9 Å². The van der Waals surface area contributed by atoms with Gasteiger partial charge < -0.3 is 9.84 Å². The maximum absolute atomic E-state index is 14.8. The van der Waals surface area contributed by atoms with E-state index < -0.39 is 23.5 Å². The van der Waals surface area contributed by atoms with Crippen molar-refractivity contribution in [3.05, 3.63) is 63.8 Å². The van der Waals surface area contributed by atoms with Gasteiger partial charge in [0.15, 0.2) is 5.82 Å². The van der Waals surface area contributed by atoms with Crippen LogP contribution in [-0.2, 0) is 0 Å². The molecule has 0 aliphatic heterocycles. The molecule has 0 spiro atoms. The number of anilines is 1. The first kappa shape index (κ1) is 25.1. The number of carboxylic acids is 1. The lowest BCUT2D eigenvalue weighted by Gasteiger charge is -2.33. The average Bonchev–Trinajstić information content (AvgIpc) is 3.21. The van der Waals surface area contributed by atoms with E-state index in [-0.39, 0.29) is 29.1 Å². The minimum atomic E-state index is -1.12. The van der Waals surface area contributed by atoms with E-state index in [1.165, 1.54) is 23.1 Å². The van der Waals surface area contributed by atoms with E-state index >= 15 is 0 Å². The van der Waals surface area contributed by atoms with Crippen LogP contribution in [-0.4, -0.2) is 49.0 Å². The summed E-state index contributed by atoms with van der Waals surface area (Å²) >= 11 is 0. The van der Waals surface area contributed by atoms with Gasteiger partial charge in [0, 0.05) is 11.7 Å². The van der Waals surface area contributed by atoms with Gasteiger partial charge in [0.1, 0.15) is 11.4 Å². The van der Waals surface area contributed by atoms with E-state index in [0.717, 1.165) is 25.3 Å². The molecule has 1 fully saturated rings. The number of carbonyl (C=O) groups is 2. The number of halogens is 1. The zero-order chi connectivity index (χ0) is 26.0. The van der Waals surface area contributed by atoms with Gasteiger partial charge in [-0.25, -0.2) is 18.8 Å². The second kappa shape index (κ2) is 10.3. The third-order valence-corrected chi connectivity index (χ3v) is 6.16. The zero-order valence-corrected chi connectivity index (χ0v) is 20.3. The molecule has 4 rings (SSSR count). The van der Waals surface area contributed by atoms with Gasteiger partial charge in [-0.15, -0.1) is 4.68 Å². The monoisotopic (exact) mass is 497 g/mol. The fourth-order valence-corrected chi connectivity index (χ4v) is 4.47. The van der Waals surface area contributed by atoms with Crippen LogP contribution >= 0.6 is 0 Å². The summed E-state index contributed by atoms with van der Waals surface area (Å²) in [7, 11) is 0. The Hall–Kier alpha value is -4.02. The number of rotatable bonds is 6. The van der Waals surface area contributed by atoms with Gasteiger partial charge in [0.25, 0.3) is 0 Å². The largest absolute Gasteiger partial charge is 0.489 e. The van der Waals surface area contributed by atoms with Crippen molar-refractivity contribution >= 4 is 17.7 Å². The van der Waals surface area contributed by atoms with Crippen LogP contribution in [0.4, 0.5) is 14.9 Å². The first-order valence-corrected chi connectivity index (χ1v) is 11.9. The summed E-state index contributed by atoms with van der Waals surface area (Å²) in [6, 6.07) is 7.74. The molecule has 10 nitrogen and oxygen atoms in total. The van der Waals surface area contributed by atoms with Crippen molar-refractivity contribution in [1.29, 1.82) is 0 Å². The molecule has 11 heteroatoms. The van der Waals surface area contributed by atoms with Gasteiger partial charge in [0.05, 0.1) is 11.7 Å². The SMILES string of the molecule is Cc1ccc(N(C(=O)n2nnn(-c3c(F)cccc3OC(C)C)c2=O)C2CCCCC2)cc1C(=O)O. The highest BCUT2D eigenvalue weighted by Crippen LogP contribution is 2.30. The molecule has 36 heavy (non-hydrogen) atoms. The van der Waals surface area contributed by atoms with Crippen LogP contribution in [0.5, 0.6) is 5.75 Å². The first-order chi connectivity index (χ1) is 17.2. The number of amides is 1. The fraction of sp³-hybridized carbons (Fsp3) is 0.400. The Morgan fingerprint density at radius 2 is 1.86 bits per heavy atom. The molecule has 1 aliphatic carbocycles. The third kappa shape index (κ3) is 4.86. The standard InChI is InChI=1S/C25H28FN5O5/c1-15(2)36-21-11-7-10-20(26)22(21)30-25(35)31(28-27-30)24(34)29(17-8-5-4-6-9-17)18-13-12-16(3)19(14-18)23(32)33/h7,10-15,17H,4-6,8-9H2,1-3H3,(H,32,33). The van der Waals surface area contributed by atoms with Crippen LogP contribution in [0.25, 0.3) is 5.69 Å². The minimum absolute atomic E-state index is 0.0546. The highest BCUT2D eigenvalue weighted by atomic mass is 19.1. The number of tetrazole rings is 1. The average molecular weight is 498 g/mol. The second-order valence-corrected chi connectivity index (χ2v) is 9.09. The maximum Gasteiger partial charge on any atom is 0.377 e. The predicted molar refractivity (Wildman–Crippen MR) is 130 cm³/mol. The number of para-hydroxylation sites is 1. The Kier molecular flexibility index (Phi) is 7.18. The van der Waals surface area contributed by atoms with E-state index in [4.69, 9.17) is 4.74 Å². The topological polar surface area (TPSA) is 120 Å². The lowest BCUT2D eigenvalue weighted by molar-refractivity contribution is 0.0696. The highest BCUT2D eigenvalue weighted by molar-refractivity contribution is 5.96. The summed E-state index contributed by atoms with van der Waals surface area (Å²) < 4.78 is 21.7. The molecule has 1 amide bonds. The third-order valence-electron chi connectivity index (χ3n) is 6.16. The van der Waals surface area contributed by atoms with Crippen LogP contribution in [0.15, 0.2) is 41.2 Å². The van der Waals surface area contributed by atoms with Gasteiger partial charge in [-0.05, 0) is 73.9 Å². The van der Waals surface area contributed by atoms with Gasteiger partial charge in [-0.1, -0.05) is 31.4 Å². The minimum Gasteiger partial charge on any atom is -0.489 e. The number of hydrogen-bond donors (Lipinski definition) is 1. The fourth-order valence-electron chi connectivity index (χ4n) is 4.47. The van der Waals surface area contributed by atoms with E-state index in [1.807, 2.05) is 0 Å². The molecule has 1 N–H and O–H groups in total. The molecule has 1 aliphatic rings. The molecular weight excluding hydrogens is 469 g/mol. The Morgan fingerprint density at radius 3 is 2.53 bits per heavy atom. The first-order valence-electron chi connectivity index (χ1n) is 11.9. The molecule has 190 valence electrons. The van der Waals surface area contributed by atoms with Crippen LogP contribution in [0, 0.1) is 12.7 Å². The van der Waals surface area contributed by atoms with E-state index in [2.05, 4.69) is 10.4 Å². The van der Waals surface area contributed by atoms with Crippen LogP contribution in [0.2, 0.25) is 0 Å². The maximum atomic E-state index is 14.8. The number of aromatic nitrogens is 4. The van der Waals surface area contributed by atoms with Crippen molar-refractivity contribution in [2.45, 2.75) is 65.0 Å². The van der Waals surface area contributed by atoms with Crippen molar-refractivity contribution in [2.24, 2.45) is 0 Å². The van der Waals surface area contributed by atoms with Gasteiger partial charge >= 0.3 is 17.7 Å². The summed E-state index contributed by atoms with van der Waals surface area (Å²) in [5.74, 6) is -1.80. The van der Waals surface area contributed by atoms with E-state index in [0.29, 0.717) is 33.5 Å². The number of carboxylic acid groups (broad SMARTS) is 1. The molecule has 0 bridgehead atoms. The number of carbonyl (C=O) groups excluding carboxylic acids is 1. The van der Waals surface area contributed by atoms with Gasteiger partial charge in [-0.3, -0.25) is 4.90 Å². The Morgan fingerprint density at radius 1 is 1.14 bits per heavy atom. The summed E-state index contributed by atoms with van der Waals surface area (Å²) in [5, 5.41) is 17.1. The second-order valence-electron chi connectivity index (χ2n) is 9.09.